The van der Waals surface area contributed by atoms with Crippen LogP contribution in [-0.4, -0.2) is 222 Å². The second-order valence-corrected chi connectivity index (χ2v) is 35.4. The fourth-order valence-electron chi connectivity index (χ4n) is 14.6. The average molecular weight is 1790 g/mol. The Hall–Kier alpha value is -10.2. The van der Waals surface area contributed by atoms with Gasteiger partial charge >= 0.3 is 0 Å². The van der Waals surface area contributed by atoms with Crippen molar-refractivity contribution in [3.63, 3.8) is 0 Å². The van der Waals surface area contributed by atoms with Crippen molar-refractivity contribution < 1.29 is 76.7 Å². The lowest BCUT2D eigenvalue weighted by atomic mass is 9.90. The van der Waals surface area contributed by atoms with Crippen LogP contribution in [0.1, 0.15) is 243 Å². The van der Waals surface area contributed by atoms with Crippen molar-refractivity contribution in [3.8, 4) is 0 Å². The molecule has 0 fully saturated rings. The predicted octanol–water partition coefficient (Wildman–Crippen LogP) is -0.787. The maximum atomic E-state index is 15.3. The number of rotatable bonds is 52. The number of H-pyrrole nitrogens is 1. The SMILES string of the molecule is CC[C@H](C)[C@H](NC(=O)[C@]1(C)CCC/C=C\CCC[C@](C)(NC(=O)[C@H](CCCCN)NC(=O)[C@H](CCCCN)NC(=O)[C@H](Cc2c[nH]c3ccccc23)NC(=O)[C@H](CC(N)=O)NC(=O)[C@@H](N)C(C)C)C(=O)N[C@@H](CC(C)C)C(=O)NCC(=O)N[C@@H](CCCCN)C(=O)N1)C(=O)N[C@@H](CCCCN)C(=O)N[C@H](C(=O)N[C@H](C(=O)N[C@@H](CCCCN)C(N)=O)C(C)C)C(C)C. The van der Waals surface area contributed by atoms with Crippen molar-refractivity contribution in [1.29, 1.82) is 0 Å². The van der Waals surface area contributed by atoms with Gasteiger partial charge < -0.3 is 125 Å². The lowest BCUT2D eigenvalue weighted by molar-refractivity contribution is -0.139. The van der Waals surface area contributed by atoms with E-state index in [1.165, 1.54) is 13.8 Å². The van der Waals surface area contributed by atoms with E-state index in [1.54, 1.807) is 99.7 Å². The summed E-state index contributed by atoms with van der Waals surface area (Å²) in [6, 6.07) is -8.49. The minimum Gasteiger partial charge on any atom is -0.370 e. The Morgan fingerprint density at radius 2 is 0.945 bits per heavy atom. The van der Waals surface area contributed by atoms with Gasteiger partial charge in [0.25, 0.3) is 0 Å². The molecule has 1 aromatic carbocycles. The van der Waals surface area contributed by atoms with E-state index in [2.05, 4.69) is 79.4 Å². The number of aromatic amines is 1. The summed E-state index contributed by atoms with van der Waals surface area (Å²) >= 11 is 0. The van der Waals surface area contributed by atoms with E-state index in [0.29, 0.717) is 93.6 Å². The van der Waals surface area contributed by atoms with Gasteiger partial charge in [-0.15, -0.1) is 0 Å². The van der Waals surface area contributed by atoms with Crippen LogP contribution in [0.2, 0.25) is 0 Å². The Balaban J connectivity index is 2.11. The Morgan fingerprint density at radius 3 is 1.46 bits per heavy atom. The summed E-state index contributed by atoms with van der Waals surface area (Å²) in [5.41, 5.74) is 44.3. The Labute approximate surface area is 748 Å². The molecule has 0 bridgehead atoms. The third-order valence-corrected chi connectivity index (χ3v) is 22.8. The number of nitrogens with one attached hydrogen (secondary N) is 15. The number of fused-ring (bicyclic) bond motifs is 1. The number of nitrogens with two attached hydrogens (primary N) is 8. The number of allylic oxidation sites excluding steroid dienone is 2. The highest BCUT2D eigenvalue weighted by molar-refractivity contribution is 6.02. The van der Waals surface area contributed by atoms with E-state index in [4.69, 9.17) is 45.9 Å². The zero-order valence-corrected chi connectivity index (χ0v) is 76.9. The molecule has 2 aromatic rings. The molecular weight excluding hydrogens is 1640 g/mol. The number of hydrogen-bond donors (Lipinski definition) is 23. The molecule has 127 heavy (non-hydrogen) atoms. The molecule has 3 rings (SSSR count). The van der Waals surface area contributed by atoms with Gasteiger partial charge in [0.1, 0.15) is 77.5 Å². The van der Waals surface area contributed by atoms with Gasteiger partial charge in [0.2, 0.25) is 94.5 Å². The van der Waals surface area contributed by atoms with Crippen LogP contribution < -0.4 is 120 Å². The number of hydrogen-bond acceptors (Lipinski definition) is 22. The highest BCUT2D eigenvalue weighted by atomic mass is 16.2. The smallest absolute Gasteiger partial charge is 0.246 e. The molecule has 0 spiro atoms. The molecule has 16 amide bonds. The summed E-state index contributed by atoms with van der Waals surface area (Å²) < 4.78 is 0. The molecule has 716 valence electrons. The highest BCUT2D eigenvalue weighted by Gasteiger charge is 2.44. The molecule has 2 heterocycles. The fourth-order valence-corrected chi connectivity index (χ4v) is 14.6. The van der Waals surface area contributed by atoms with E-state index in [0.717, 1.165) is 0 Å². The second kappa shape index (κ2) is 57.6. The van der Waals surface area contributed by atoms with Gasteiger partial charge in [-0.1, -0.05) is 106 Å². The van der Waals surface area contributed by atoms with Gasteiger partial charge in [0, 0.05) is 23.5 Å². The maximum absolute atomic E-state index is 15.3. The zero-order valence-electron chi connectivity index (χ0n) is 76.9. The van der Waals surface area contributed by atoms with Crippen LogP contribution in [0.3, 0.4) is 0 Å². The summed E-state index contributed by atoms with van der Waals surface area (Å²) in [6.45, 7) is 20.7. The van der Waals surface area contributed by atoms with Crippen LogP contribution in [-0.2, 0) is 83.1 Å². The van der Waals surface area contributed by atoms with Crippen molar-refractivity contribution in [2.45, 2.75) is 327 Å². The molecule has 15 atom stereocenters. The molecular formula is C88H153N23O16. The summed E-state index contributed by atoms with van der Waals surface area (Å²) in [5.74, 6) is -15.2. The number of carbonyl (C=O) groups excluding carboxylic acids is 16. The van der Waals surface area contributed by atoms with Gasteiger partial charge in [-0.05, 0) is 229 Å². The van der Waals surface area contributed by atoms with Gasteiger partial charge in [-0.3, -0.25) is 76.7 Å². The van der Waals surface area contributed by atoms with Crippen LogP contribution in [0, 0.1) is 29.6 Å². The standard InChI is InChI=1S/C88H153N23O16/c1-13-55(10)72(84(125)103-61(36-22-29-43-91)76(117)107-71(54(8)9)83(124)108-70(53(6)7)82(123)100-59(73(96)114)34-20-27-41-89)109-86(127)88(12)40-26-17-15-14-16-25-39-87(11,85(126)106-64(46-51(2)3)74(115)98-50-68(113)99-62(79(120)110-88)37-23-30-44-92)111-80(121)63(38-24-31-45-93)102-75(116)60(35-21-28-42-90)101-77(118)65(47-56-49-97-58-33-19-18-32-57(56)58)104-78(119)66(48-67(94)112)105-81(122)69(95)52(4)5/h14-15,18-19,32-33,49,51-55,59-66,69-72,97H,13,16-17,20-31,34-48,50,89-93,95H2,1-12H3,(H2,94,112)(H2,96,114)(H,98,115)(H,99,113)(H,100,123)(H,101,118)(H,102,116)(H,103,125)(H,104,119)(H,105,122)(H,106,126)(H,107,117)(H,108,124)(H,109,127)(H,110,120)(H,111,121)/b15-14-/t55-,59-,60-,61-,62-,63-,64-,65-,66-,69-,70-,71-,72-,87-,88-/m0/s1. The van der Waals surface area contributed by atoms with Crippen LogP contribution in [0.5, 0.6) is 0 Å². The first-order chi connectivity index (χ1) is 60.0. The molecule has 39 nitrogen and oxygen atoms in total. The lowest BCUT2D eigenvalue weighted by Gasteiger charge is -2.35. The molecule has 31 N–H and O–H groups in total. The van der Waals surface area contributed by atoms with Crippen LogP contribution in [0.25, 0.3) is 10.9 Å². The zero-order chi connectivity index (χ0) is 95.3. The average Bonchev–Trinajstić information content (AvgIpc) is 1.62. The van der Waals surface area contributed by atoms with Crippen molar-refractivity contribution in [2.24, 2.45) is 75.5 Å². The van der Waals surface area contributed by atoms with E-state index < -0.39 is 209 Å². The van der Waals surface area contributed by atoms with Crippen molar-refractivity contribution in [3.05, 3.63) is 48.2 Å². The molecule has 39 heteroatoms. The van der Waals surface area contributed by atoms with Gasteiger partial charge in [0.15, 0.2) is 0 Å². The van der Waals surface area contributed by atoms with E-state index in [9.17, 15) is 57.5 Å². The molecule has 1 aliphatic rings. The molecule has 1 aliphatic heterocycles. The van der Waals surface area contributed by atoms with Crippen molar-refractivity contribution >= 4 is 105 Å². The first-order valence-corrected chi connectivity index (χ1v) is 45.4. The minimum absolute atomic E-state index is 0.0187. The van der Waals surface area contributed by atoms with E-state index >= 15 is 19.2 Å². The minimum atomic E-state index is -1.85. The largest absolute Gasteiger partial charge is 0.370 e. The first-order valence-electron chi connectivity index (χ1n) is 45.4. The number of primary amides is 2. The first kappa shape index (κ1) is 111. The molecule has 0 unspecified atom stereocenters. The van der Waals surface area contributed by atoms with Crippen LogP contribution in [0.15, 0.2) is 42.6 Å². The van der Waals surface area contributed by atoms with Crippen LogP contribution >= 0.6 is 0 Å². The molecule has 0 radical (unpaired) electrons. The third-order valence-electron chi connectivity index (χ3n) is 22.8. The number of unbranched alkanes of at least 4 members (excludes halogenated alkanes) is 5. The monoisotopic (exact) mass is 1790 g/mol. The Bertz CT molecular complexity index is 3930. The summed E-state index contributed by atoms with van der Waals surface area (Å²) in [5, 5.41) is 39.3. The highest BCUT2D eigenvalue weighted by Crippen LogP contribution is 2.25. The lowest BCUT2D eigenvalue weighted by Crippen LogP contribution is -2.65. The van der Waals surface area contributed by atoms with Crippen molar-refractivity contribution in [2.75, 3.05) is 39.3 Å². The molecule has 1 aromatic heterocycles. The van der Waals surface area contributed by atoms with Gasteiger partial charge in [-0.25, -0.2) is 0 Å². The van der Waals surface area contributed by atoms with Crippen molar-refractivity contribution in [1.82, 2.24) is 79.4 Å². The molecule has 0 aliphatic carbocycles. The Morgan fingerprint density at radius 1 is 0.488 bits per heavy atom. The predicted molar refractivity (Wildman–Crippen MR) is 485 cm³/mol. The number of amides is 16. The van der Waals surface area contributed by atoms with E-state index in [-0.39, 0.29) is 121 Å². The van der Waals surface area contributed by atoms with Gasteiger partial charge in [0.05, 0.1) is 19.0 Å². The van der Waals surface area contributed by atoms with Crippen LogP contribution in [0.4, 0.5) is 0 Å². The molecule has 0 saturated carbocycles. The number of benzene rings is 1. The second-order valence-electron chi connectivity index (χ2n) is 35.4. The summed E-state index contributed by atoms with van der Waals surface area (Å²) in [7, 11) is 0. The van der Waals surface area contributed by atoms with Gasteiger partial charge in [-0.2, -0.15) is 0 Å². The maximum Gasteiger partial charge on any atom is 0.246 e. The Kier molecular flexibility index (Phi) is 50.3. The molecule has 0 saturated heterocycles. The number of para-hydroxylation sites is 1. The topological polar surface area (TPSA) is 665 Å². The number of aromatic nitrogens is 1. The van der Waals surface area contributed by atoms with E-state index in [1.807, 2.05) is 12.2 Å². The third kappa shape index (κ3) is 38.7. The summed E-state index contributed by atoms with van der Waals surface area (Å²) in [4.78, 5) is 232. The number of carbonyl (C=O) groups is 16. The fraction of sp³-hybridized carbons (Fsp3) is 0.705. The quantitative estimate of drug-likeness (QED) is 0.0285. The normalized spacial score (nSPS) is 19.8. The summed E-state index contributed by atoms with van der Waals surface area (Å²) in [6.07, 6.45) is 9.98.